The fourth-order valence-corrected chi connectivity index (χ4v) is 1.07. The van der Waals surface area contributed by atoms with E-state index in [9.17, 15) is 0 Å². The summed E-state index contributed by atoms with van der Waals surface area (Å²) in [5, 5.41) is 0. The largest absolute Gasteiger partial charge is 0.358 e. The smallest absolute Gasteiger partial charge is 0.0160 e. The summed E-state index contributed by atoms with van der Waals surface area (Å²) in [4.78, 5) is 4.22. The summed E-state index contributed by atoms with van der Waals surface area (Å²) in [6, 6.07) is 16.8. The third-order valence-electron chi connectivity index (χ3n) is 1.65. The Morgan fingerprint density at radius 1 is 1.00 bits per heavy atom. The van der Waals surface area contributed by atoms with Crippen LogP contribution in [0.15, 0.2) is 48.7 Å². The molecular weight excluding hydrogens is 451 g/mol. The van der Waals surface area contributed by atoms with Crippen LogP contribution in [0.25, 0.3) is 11.3 Å². The van der Waals surface area contributed by atoms with E-state index in [1.165, 1.54) is 0 Å². The van der Waals surface area contributed by atoms with E-state index in [0.29, 0.717) is 0 Å². The van der Waals surface area contributed by atoms with Gasteiger partial charge in [-0.05, 0) is 11.8 Å². The van der Waals surface area contributed by atoms with E-state index in [1.807, 2.05) is 42.5 Å². The molecule has 0 saturated heterocycles. The molecule has 1 heterocycles. The Morgan fingerprint density at radius 2 is 1.69 bits per heavy atom. The van der Waals surface area contributed by atoms with Gasteiger partial charge in [-0.15, -0.1) is 35.9 Å². The minimum absolute atomic E-state index is 0. The monoisotopic (exact) mass is 467 g/mol. The van der Waals surface area contributed by atoms with E-state index in [-0.39, 0.29) is 67.7 Å². The van der Waals surface area contributed by atoms with Crippen molar-refractivity contribution in [3.05, 3.63) is 62.2 Å². The Morgan fingerprint density at radius 3 is 2.19 bits per heavy atom. The molecule has 2 aromatic rings. The minimum Gasteiger partial charge on any atom is -0.358 e. The first kappa shape index (κ1) is 21.4. The molecule has 0 fully saturated rings. The van der Waals surface area contributed by atoms with Crippen molar-refractivity contribution in [1.82, 2.24) is 4.98 Å². The summed E-state index contributed by atoms with van der Waals surface area (Å²) < 4.78 is 0. The Kier molecular flexibility index (Phi) is 15.5. The normalized spacial score (nSPS) is 7.25. The van der Waals surface area contributed by atoms with Crippen LogP contribution in [0.1, 0.15) is 7.43 Å². The number of aromatic nitrogens is 1. The minimum atomic E-state index is 0. The van der Waals surface area contributed by atoms with Crippen molar-refractivity contribution in [1.29, 1.82) is 0 Å². The van der Waals surface area contributed by atoms with Crippen LogP contribution in [-0.2, 0) is 52.8 Å². The third kappa shape index (κ3) is 6.01. The molecular formula is C13H15IrNY-2. The van der Waals surface area contributed by atoms with Crippen molar-refractivity contribution in [3.8, 4) is 11.3 Å². The van der Waals surface area contributed by atoms with Gasteiger partial charge in [-0.25, -0.2) is 0 Å². The van der Waals surface area contributed by atoms with Crippen molar-refractivity contribution in [2.24, 2.45) is 0 Å². The predicted molar refractivity (Wildman–Crippen MR) is 61.7 cm³/mol. The molecule has 0 N–H and O–H groups in total. The van der Waals surface area contributed by atoms with Gasteiger partial charge in [0.15, 0.2) is 0 Å². The Balaban J connectivity index is -0.000000422. The van der Waals surface area contributed by atoms with Gasteiger partial charge >= 0.3 is 0 Å². The van der Waals surface area contributed by atoms with Gasteiger partial charge in [0.05, 0.1) is 0 Å². The van der Waals surface area contributed by atoms with Gasteiger partial charge in [-0.3, -0.25) is 0 Å². The fourth-order valence-electron chi connectivity index (χ4n) is 1.07. The Labute approximate surface area is 137 Å². The molecule has 0 aliphatic carbocycles. The van der Waals surface area contributed by atoms with Crippen LogP contribution in [-0.4, -0.2) is 4.98 Å². The number of benzene rings is 1. The average molecular weight is 466 g/mol. The molecule has 0 spiro atoms. The second kappa shape index (κ2) is 11.6. The Bertz CT molecular complexity index is 313. The topological polar surface area (TPSA) is 12.9 Å². The van der Waals surface area contributed by atoms with Crippen molar-refractivity contribution >= 4 is 0 Å². The second-order valence-corrected chi connectivity index (χ2v) is 2.49. The van der Waals surface area contributed by atoms with E-state index < -0.39 is 0 Å². The molecule has 0 atom stereocenters. The molecule has 16 heavy (non-hydrogen) atoms. The molecule has 0 unspecified atom stereocenters. The average Bonchev–Trinajstić information content (AvgIpc) is 2.21. The Hall–Kier alpha value is 0.123. The molecule has 2 rings (SSSR count). The van der Waals surface area contributed by atoms with E-state index in [0.717, 1.165) is 11.3 Å². The SMILES string of the molecule is C.[CH3-].[Ir].[Y].[c-]1ccccc1-c1ccccn1. The zero-order chi connectivity index (χ0) is 8.23. The van der Waals surface area contributed by atoms with Gasteiger partial charge in [0.1, 0.15) is 0 Å². The first-order chi connectivity index (χ1) is 5.97. The van der Waals surface area contributed by atoms with Crippen LogP contribution >= 0.6 is 0 Å². The summed E-state index contributed by atoms with van der Waals surface area (Å²) in [6.07, 6.45) is 1.79. The van der Waals surface area contributed by atoms with E-state index in [4.69, 9.17) is 0 Å². The molecule has 0 aliphatic rings. The zero-order valence-corrected chi connectivity index (χ0v) is 13.7. The first-order valence-electron chi connectivity index (χ1n) is 3.85. The number of nitrogens with zero attached hydrogens (tertiary/aromatic N) is 1. The summed E-state index contributed by atoms with van der Waals surface area (Å²) in [6.45, 7) is 0. The number of hydrogen-bond donors (Lipinski definition) is 0. The molecule has 0 bridgehead atoms. The van der Waals surface area contributed by atoms with Crippen molar-refractivity contribution in [2.75, 3.05) is 0 Å². The zero-order valence-electron chi connectivity index (χ0n) is 8.48. The fraction of sp³-hybridized carbons (Fsp3) is 0.0769. The van der Waals surface area contributed by atoms with Crippen molar-refractivity contribution in [3.63, 3.8) is 0 Å². The maximum atomic E-state index is 4.22. The molecule has 0 aliphatic heterocycles. The molecule has 1 nitrogen and oxygen atoms in total. The van der Waals surface area contributed by atoms with E-state index >= 15 is 0 Å². The molecule has 0 saturated carbocycles. The third-order valence-corrected chi connectivity index (χ3v) is 1.65. The van der Waals surface area contributed by atoms with Crippen LogP contribution in [0.3, 0.4) is 0 Å². The molecule has 1 aromatic carbocycles. The molecule has 0 amide bonds. The van der Waals surface area contributed by atoms with Gasteiger partial charge < -0.3 is 12.4 Å². The predicted octanol–water partition coefficient (Wildman–Crippen LogP) is 3.63. The van der Waals surface area contributed by atoms with Gasteiger partial charge in [0, 0.05) is 59.0 Å². The van der Waals surface area contributed by atoms with Crippen LogP contribution in [0.5, 0.6) is 0 Å². The number of pyridine rings is 1. The van der Waals surface area contributed by atoms with Gasteiger partial charge in [-0.1, -0.05) is 19.6 Å². The number of rotatable bonds is 1. The van der Waals surface area contributed by atoms with E-state index in [1.54, 1.807) is 6.20 Å². The molecule has 86 valence electrons. The molecule has 3 heteroatoms. The van der Waals surface area contributed by atoms with E-state index in [2.05, 4.69) is 11.1 Å². The molecule has 1 aromatic heterocycles. The quantitative estimate of drug-likeness (QED) is 0.586. The van der Waals surface area contributed by atoms with Gasteiger partial charge in [-0.2, -0.15) is 0 Å². The summed E-state index contributed by atoms with van der Waals surface area (Å²) in [7, 11) is 0. The van der Waals surface area contributed by atoms with Crippen LogP contribution in [0, 0.1) is 13.5 Å². The van der Waals surface area contributed by atoms with Gasteiger partial charge in [0.25, 0.3) is 0 Å². The standard InChI is InChI=1S/C11H8N.CH4.CH3.Ir.Y/c1-2-6-10(7-3-1)11-8-4-5-9-12-11;;;;/h1-6,8-9H;1H4;1H3;;/q-1;;-1;;. The maximum absolute atomic E-state index is 4.22. The van der Waals surface area contributed by atoms with Crippen molar-refractivity contribution in [2.45, 2.75) is 7.43 Å². The van der Waals surface area contributed by atoms with Crippen LogP contribution in [0.4, 0.5) is 0 Å². The summed E-state index contributed by atoms with van der Waals surface area (Å²) in [5.41, 5.74) is 2.01. The summed E-state index contributed by atoms with van der Waals surface area (Å²) in [5.74, 6) is 0. The van der Waals surface area contributed by atoms with Crippen LogP contribution < -0.4 is 0 Å². The van der Waals surface area contributed by atoms with Gasteiger partial charge in [0.2, 0.25) is 0 Å². The first-order valence-corrected chi connectivity index (χ1v) is 3.85. The van der Waals surface area contributed by atoms with Crippen molar-refractivity contribution < 1.29 is 52.8 Å². The number of hydrogen-bond acceptors (Lipinski definition) is 1. The molecule has 2 radical (unpaired) electrons. The second-order valence-electron chi connectivity index (χ2n) is 2.49. The summed E-state index contributed by atoms with van der Waals surface area (Å²) >= 11 is 0. The van der Waals surface area contributed by atoms with Crippen LogP contribution in [0.2, 0.25) is 0 Å². The maximum Gasteiger partial charge on any atom is 0.0160 e.